The van der Waals surface area contributed by atoms with Gasteiger partial charge in [-0.3, -0.25) is 0 Å². The van der Waals surface area contributed by atoms with Gasteiger partial charge in [-0.25, -0.2) is 9.97 Å². The van der Waals surface area contributed by atoms with E-state index < -0.39 is 0 Å². The predicted molar refractivity (Wildman–Crippen MR) is 61.7 cm³/mol. The van der Waals surface area contributed by atoms with Crippen LogP contribution in [0, 0.1) is 5.41 Å². The van der Waals surface area contributed by atoms with Crippen molar-refractivity contribution < 1.29 is 0 Å². The number of rotatable bonds is 2. The first-order chi connectivity index (χ1) is 7.18. The van der Waals surface area contributed by atoms with Crippen LogP contribution in [-0.2, 0) is 0 Å². The second kappa shape index (κ2) is 4.17. The van der Waals surface area contributed by atoms with Gasteiger partial charge >= 0.3 is 0 Å². The van der Waals surface area contributed by atoms with Crippen LogP contribution in [-0.4, -0.2) is 16.0 Å². The first kappa shape index (κ1) is 10.4. The second-order valence-electron chi connectivity index (χ2n) is 5.06. The van der Waals surface area contributed by atoms with E-state index in [0.29, 0.717) is 11.5 Å². The van der Waals surface area contributed by atoms with E-state index in [1.807, 2.05) is 12.4 Å². The van der Waals surface area contributed by atoms with Gasteiger partial charge in [0.1, 0.15) is 6.33 Å². The number of hydrogen-bond acceptors (Lipinski definition) is 3. The molecule has 0 spiro atoms. The molecular weight excluding hydrogens is 186 g/mol. The quantitative estimate of drug-likeness (QED) is 0.806. The minimum absolute atomic E-state index is 0.383. The van der Waals surface area contributed by atoms with Gasteiger partial charge in [0.05, 0.1) is 18.1 Å². The molecule has 0 saturated heterocycles. The molecule has 0 bridgehead atoms. The highest BCUT2D eigenvalue weighted by molar-refractivity contribution is 5.39. The van der Waals surface area contributed by atoms with Crippen molar-refractivity contribution in [3.05, 3.63) is 18.7 Å². The summed E-state index contributed by atoms with van der Waals surface area (Å²) in [5.41, 5.74) is 1.42. The zero-order valence-corrected chi connectivity index (χ0v) is 9.53. The fourth-order valence-electron chi connectivity index (χ4n) is 2.34. The van der Waals surface area contributed by atoms with Crippen LogP contribution in [0.25, 0.3) is 0 Å². The van der Waals surface area contributed by atoms with Crippen LogP contribution in [0.5, 0.6) is 0 Å². The molecule has 1 aromatic heterocycles. The Balaban J connectivity index is 2.05. The summed E-state index contributed by atoms with van der Waals surface area (Å²) in [5, 5.41) is 3.55. The van der Waals surface area contributed by atoms with Gasteiger partial charge in [0.25, 0.3) is 0 Å². The van der Waals surface area contributed by atoms with E-state index >= 15 is 0 Å². The molecule has 1 aliphatic rings. The van der Waals surface area contributed by atoms with Crippen LogP contribution >= 0.6 is 0 Å². The predicted octanol–water partition coefficient (Wildman–Crippen LogP) is 2.86. The lowest BCUT2D eigenvalue weighted by Crippen LogP contribution is -2.38. The van der Waals surface area contributed by atoms with E-state index in [0.717, 1.165) is 5.69 Å². The van der Waals surface area contributed by atoms with Gasteiger partial charge < -0.3 is 5.32 Å². The van der Waals surface area contributed by atoms with Gasteiger partial charge in [0, 0.05) is 6.04 Å². The summed E-state index contributed by atoms with van der Waals surface area (Å²) in [5.74, 6) is 0. The highest BCUT2D eigenvalue weighted by atomic mass is 15.0. The smallest absolute Gasteiger partial charge is 0.115 e. The Bertz CT molecular complexity index is 308. The molecular formula is C12H19N3. The van der Waals surface area contributed by atoms with Crippen LogP contribution < -0.4 is 5.32 Å². The molecule has 1 heterocycles. The lowest BCUT2D eigenvalue weighted by atomic mass is 9.73. The van der Waals surface area contributed by atoms with Gasteiger partial charge in [-0.05, 0) is 18.3 Å². The third-order valence-corrected chi connectivity index (χ3v) is 3.41. The molecule has 1 fully saturated rings. The fourth-order valence-corrected chi connectivity index (χ4v) is 2.34. The zero-order chi connectivity index (χ0) is 10.7. The summed E-state index contributed by atoms with van der Waals surface area (Å²) in [6.45, 7) is 4.68. The van der Waals surface area contributed by atoms with Crippen molar-refractivity contribution in [1.29, 1.82) is 0 Å². The van der Waals surface area contributed by atoms with Crippen molar-refractivity contribution in [2.24, 2.45) is 5.41 Å². The maximum absolute atomic E-state index is 4.02. The Morgan fingerprint density at radius 1 is 1.27 bits per heavy atom. The Morgan fingerprint density at radius 2 is 2.00 bits per heavy atom. The van der Waals surface area contributed by atoms with E-state index in [-0.39, 0.29) is 0 Å². The van der Waals surface area contributed by atoms with Gasteiger partial charge in [0.2, 0.25) is 0 Å². The van der Waals surface area contributed by atoms with Crippen molar-refractivity contribution in [1.82, 2.24) is 9.97 Å². The number of nitrogens with one attached hydrogen (secondary N) is 1. The van der Waals surface area contributed by atoms with Crippen LogP contribution in [0.3, 0.4) is 0 Å². The maximum Gasteiger partial charge on any atom is 0.115 e. The lowest BCUT2D eigenvalue weighted by Gasteiger charge is -2.39. The summed E-state index contributed by atoms with van der Waals surface area (Å²) in [4.78, 5) is 8.05. The Morgan fingerprint density at radius 3 is 2.67 bits per heavy atom. The molecule has 1 aromatic rings. The summed E-state index contributed by atoms with van der Waals surface area (Å²) in [6, 6.07) is 0.553. The third kappa shape index (κ3) is 2.46. The highest BCUT2D eigenvalue weighted by Gasteiger charge is 2.31. The van der Waals surface area contributed by atoms with Crippen molar-refractivity contribution in [3.8, 4) is 0 Å². The van der Waals surface area contributed by atoms with Crippen LogP contribution in [0.1, 0.15) is 39.5 Å². The minimum Gasteiger partial charge on any atom is -0.379 e. The summed E-state index contributed by atoms with van der Waals surface area (Å²) in [6.07, 6.45) is 10.5. The Kier molecular flexibility index (Phi) is 2.89. The van der Waals surface area contributed by atoms with Gasteiger partial charge in [-0.15, -0.1) is 0 Å². The number of hydrogen-bond donors (Lipinski definition) is 1. The van der Waals surface area contributed by atoms with E-state index in [9.17, 15) is 0 Å². The van der Waals surface area contributed by atoms with E-state index in [1.165, 1.54) is 25.7 Å². The molecule has 0 radical (unpaired) electrons. The van der Waals surface area contributed by atoms with Crippen LogP contribution in [0.4, 0.5) is 5.69 Å². The monoisotopic (exact) mass is 205 g/mol. The number of anilines is 1. The molecule has 0 aromatic carbocycles. The normalized spacial score (nSPS) is 24.8. The average molecular weight is 205 g/mol. The van der Waals surface area contributed by atoms with Gasteiger partial charge in [0.15, 0.2) is 0 Å². The molecule has 1 aliphatic carbocycles. The van der Waals surface area contributed by atoms with Crippen molar-refractivity contribution in [2.75, 3.05) is 5.32 Å². The minimum atomic E-state index is 0.383. The van der Waals surface area contributed by atoms with Crippen molar-refractivity contribution >= 4 is 5.69 Å². The SMILES string of the molecule is CC1(C)CCCCC1Nc1cncnc1. The highest BCUT2D eigenvalue weighted by Crippen LogP contribution is 2.36. The molecule has 15 heavy (non-hydrogen) atoms. The maximum atomic E-state index is 4.02. The molecule has 3 heteroatoms. The standard InChI is InChI=1S/C12H19N3/c1-12(2)6-4-3-5-11(12)15-10-7-13-9-14-8-10/h7-9,11,15H,3-6H2,1-2H3. The van der Waals surface area contributed by atoms with Gasteiger partial charge in [-0.2, -0.15) is 0 Å². The molecule has 1 unspecified atom stereocenters. The molecule has 0 aliphatic heterocycles. The van der Waals surface area contributed by atoms with Crippen molar-refractivity contribution in [2.45, 2.75) is 45.6 Å². The summed E-state index contributed by atoms with van der Waals surface area (Å²) < 4.78 is 0. The molecule has 0 amide bonds. The topological polar surface area (TPSA) is 37.8 Å². The number of nitrogens with zero attached hydrogens (tertiary/aromatic N) is 2. The summed E-state index contributed by atoms with van der Waals surface area (Å²) in [7, 11) is 0. The molecule has 1 N–H and O–H groups in total. The largest absolute Gasteiger partial charge is 0.379 e. The molecule has 1 saturated carbocycles. The van der Waals surface area contributed by atoms with Crippen LogP contribution in [0.2, 0.25) is 0 Å². The molecule has 2 rings (SSSR count). The first-order valence-corrected chi connectivity index (χ1v) is 5.70. The van der Waals surface area contributed by atoms with E-state index in [4.69, 9.17) is 0 Å². The molecule has 3 nitrogen and oxygen atoms in total. The third-order valence-electron chi connectivity index (χ3n) is 3.41. The zero-order valence-electron chi connectivity index (χ0n) is 9.53. The first-order valence-electron chi connectivity index (χ1n) is 5.70. The fraction of sp³-hybridized carbons (Fsp3) is 0.667. The average Bonchev–Trinajstić information content (AvgIpc) is 2.23. The Hall–Kier alpha value is -1.12. The van der Waals surface area contributed by atoms with Gasteiger partial charge in [-0.1, -0.05) is 26.7 Å². The molecule has 82 valence electrons. The number of aromatic nitrogens is 2. The van der Waals surface area contributed by atoms with Crippen LogP contribution in [0.15, 0.2) is 18.7 Å². The molecule has 1 atom stereocenters. The van der Waals surface area contributed by atoms with Crippen molar-refractivity contribution in [3.63, 3.8) is 0 Å². The lowest BCUT2D eigenvalue weighted by molar-refractivity contribution is 0.217. The van der Waals surface area contributed by atoms with E-state index in [1.54, 1.807) is 6.33 Å². The summed E-state index contributed by atoms with van der Waals surface area (Å²) >= 11 is 0. The second-order valence-corrected chi connectivity index (χ2v) is 5.06. The van der Waals surface area contributed by atoms with E-state index in [2.05, 4.69) is 29.1 Å². The Labute approximate surface area is 91.3 Å².